The van der Waals surface area contributed by atoms with Crippen molar-refractivity contribution >= 4 is 23.9 Å². The van der Waals surface area contributed by atoms with Crippen molar-refractivity contribution < 1.29 is 52.5 Å². The molecule has 1 aliphatic rings. The fourth-order valence-electron chi connectivity index (χ4n) is 2.46. The zero-order valence-electron chi connectivity index (χ0n) is 15.6. The maximum absolute atomic E-state index is 11.5. The van der Waals surface area contributed by atoms with Gasteiger partial charge in [-0.2, -0.15) is 0 Å². The van der Waals surface area contributed by atoms with Gasteiger partial charge in [0.25, 0.3) is 0 Å². The quantitative estimate of drug-likeness (QED) is 0.164. The number of esters is 4. The molecule has 0 aromatic carbocycles. The van der Waals surface area contributed by atoms with Crippen LogP contribution in [-0.2, 0) is 47.6 Å². The summed E-state index contributed by atoms with van der Waals surface area (Å²) in [6, 6.07) is 0. The lowest BCUT2D eigenvalue weighted by Gasteiger charge is -2.43. The fraction of sp³-hybridized carbons (Fsp3) is 0.733. The Labute approximate surface area is 159 Å². The molecule has 28 heavy (non-hydrogen) atoms. The number of hydrogen-bond acceptors (Lipinski definition) is 12. The smallest absolute Gasteiger partial charge is 0.308 e. The number of hydrogen-bond donors (Lipinski definition) is 0. The van der Waals surface area contributed by atoms with Crippen LogP contribution in [0.3, 0.4) is 0 Å². The van der Waals surface area contributed by atoms with Gasteiger partial charge >= 0.3 is 30.6 Å². The highest BCUT2D eigenvalue weighted by molar-refractivity contribution is 5.68. The van der Waals surface area contributed by atoms with Crippen LogP contribution in [0.2, 0.25) is 0 Å². The standard InChI is InChI=1S/C15H21NO12/c1-7(17)23-5-11-12(25-8(2)18)13(26-9(3)19)14(27-10(4)20)15(28-11)24-6-16(21)22/h11-15H,5-6H2,1-4H3/t11-,12-,13+,14-,15-/m1/s1. The van der Waals surface area contributed by atoms with Crippen molar-refractivity contribution in [3.8, 4) is 0 Å². The average molecular weight is 407 g/mol. The molecule has 0 aromatic rings. The van der Waals surface area contributed by atoms with Crippen LogP contribution in [0.15, 0.2) is 0 Å². The number of rotatable bonds is 8. The number of nitro groups is 1. The molecular weight excluding hydrogens is 386 g/mol. The highest BCUT2D eigenvalue weighted by atomic mass is 16.8. The molecule has 13 heteroatoms. The molecule has 0 aromatic heterocycles. The predicted molar refractivity (Wildman–Crippen MR) is 84.9 cm³/mol. The first-order valence-electron chi connectivity index (χ1n) is 8.05. The van der Waals surface area contributed by atoms with Crippen LogP contribution < -0.4 is 0 Å². The Morgan fingerprint density at radius 2 is 1.36 bits per heavy atom. The number of ether oxygens (including phenoxy) is 6. The van der Waals surface area contributed by atoms with Crippen LogP contribution in [0.25, 0.3) is 0 Å². The van der Waals surface area contributed by atoms with Gasteiger partial charge in [0.05, 0.1) is 0 Å². The van der Waals surface area contributed by atoms with E-state index in [9.17, 15) is 29.3 Å². The van der Waals surface area contributed by atoms with Crippen molar-refractivity contribution in [3.63, 3.8) is 0 Å². The van der Waals surface area contributed by atoms with Gasteiger partial charge in [-0.25, -0.2) is 0 Å². The van der Waals surface area contributed by atoms with Gasteiger partial charge in [0.1, 0.15) is 12.7 Å². The van der Waals surface area contributed by atoms with E-state index in [2.05, 4.69) is 0 Å². The molecule has 0 aliphatic carbocycles. The third-order valence-corrected chi connectivity index (χ3v) is 3.29. The Morgan fingerprint density at radius 1 is 0.857 bits per heavy atom. The molecule has 1 saturated heterocycles. The lowest BCUT2D eigenvalue weighted by Crippen LogP contribution is -2.63. The molecule has 13 nitrogen and oxygen atoms in total. The van der Waals surface area contributed by atoms with Gasteiger partial charge in [0.15, 0.2) is 18.3 Å². The van der Waals surface area contributed by atoms with Crippen molar-refractivity contribution in [3.05, 3.63) is 10.1 Å². The van der Waals surface area contributed by atoms with E-state index in [1.54, 1.807) is 0 Å². The minimum atomic E-state index is -1.56. The molecule has 1 rings (SSSR count). The Hall–Kier alpha value is -2.80. The zero-order valence-corrected chi connectivity index (χ0v) is 15.6. The molecule has 0 radical (unpaired) electrons. The number of carbonyl (C=O) groups is 4. The van der Waals surface area contributed by atoms with Gasteiger partial charge in [-0.3, -0.25) is 34.0 Å². The maximum atomic E-state index is 11.5. The summed E-state index contributed by atoms with van der Waals surface area (Å²) in [5.74, 6) is -3.12. The monoisotopic (exact) mass is 407 g/mol. The van der Waals surface area contributed by atoms with Gasteiger partial charge in [-0.1, -0.05) is 0 Å². The highest BCUT2D eigenvalue weighted by Gasteiger charge is 2.53. The molecule has 0 saturated carbocycles. The van der Waals surface area contributed by atoms with E-state index in [0.29, 0.717) is 0 Å². The summed E-state index contributed by atoms with van der Waals surface area (Å²) in [5, 5.41) is 10.6. The van der Waals surface area contributed by atoms with Crippen LogP contribution >= 0.6 is 0 Å². The van der Waals surface area contributed by atoms with Crippen molar-refractivity contribution in [1.29, 1.82) is 0 Å². The molecule has 0 bridgehead atoms. The lowest BCUT2D eigenvalue weighted by atomic mass is 9.98. The number of nitrogens with zero attached hydrogens (tertiary/aromatic N) is 1. The van der Waals surface area contributed by atoms with Crippen LogP contribution in [0.1, 0.15) is 27.7 Å². The van der Waals surface area contributed by atoms with Gasteiger partial charge in [0.2, 0.25) is 6.29 Å². The number of carbonyl (C=O) groups excluding carboxylic acids is 4. The summed E-state index contributed by atoms with van der Waals surface area (Å²) >= 11 is 0. The molecule has 5 atom stereocenters. The van der Waals surface area contributed by atoms with E-state index in [0.717, 1.165) is 27.7 Å². The van der Waals surface area contributed by atoms with Crippen molar-refractivity contribution in [2.24, 2.45) is 0 Å². The van der Waals surface area contributed by atoms with Gasteiger partial charge in [0, 0.05) is 32.6 Å². The Kier molecular flexibility index (Phi) is 8.73. The second-order valence-corrected chi connectivity index (χ2v) is 5.70. The van der Waals surface area contributed by atoms with E-state index < -0.39 is 72.8 Å². The normalized spacial score (nSPS) is 26.6. The predicted octanol–water partition coefficient (Wildman–Crippen LogP) is -0.680. The van der Waals surface area contributed by atoms with Crippen molar-refractivity contribution in [2.75, 3.05) is 13.3 Å². The first-order valence-corrected chi connectivity index (χ1v) is 8.05. The van der Waals surface area contributed by atoms with Crippen LogP contribution in [0.4, 0.5) is 0 Å². The molecule has 1 fully saturated rings. The van der Waals surface area contributed by atoms with E-state index in [-0.39, 0.29) is 0 Å². The van der Waals surface area contributed by atoms with E-state index >= 15 is 0 Å². The van der Waals surface area contributed by atoms with Crippen LogP contribution in [0, 0.1) is 10.1 Å². The van der Waals surface area contributed by atoms with Gasteiger partial charge < -0.3 is 23.7 Å². The highest BCUT2D eigenvalue weighted by Crippen LogP contribution is 2.29. The summed E-state index contributed by atoms with van der Waals surface area (Å²) in [6.07, 6.45) is -7.05. The van der Waals surface area contributed by atoms with Crippen molar-refractivity contribution in [2.45, 2.75) is 58.4 Å². The Balaban J connectivity index is 3.26. The molecule has 0 N–H and O–H groups in total. The molecular formula is C15H21NO12. The second-order valence-electron chi connectivity index (χ2n) is 5.70. The fourth-order valence-corrected chi connectivity index (χ4v) is 2.46. The molecule has 1 aliphatic heterocycles. The largest absolute Gasteiger partial charge is 0.463 e. The summed E-state index contributed by atoms with van der Waals surface area (Å²) in [5.41, 5.74) is 0. The zero-order chi connectivity index (χ0) is 21.4. The minimum absolute atomic E-state index is 0.448. The van der Waals surface area contributed by atoms with E-state index in [1.807, 2.05) is 0 Å². The minimum Gasteiger partial charge on any atom is -0.463 e. The Bertz CT molecular complexity index is 576. The van der Waals surface area contributed by atoms with Gasteiger partial charge in [-0.05, 0) is 0 Å². The SMILES string of the molecule is CC(=O)OC[C@H]1O[C@@H](OC[N+](=O)[O-])[C@H](OC(C)=O)[C@@H](OC(C)=O)[C@@H]1OC(C)=O. The first-order chi connectivity index (χ1) is 13.0. The second kappa shape index (κ2) is 10.5. The van der Waals surface area contributed by atoms with Gasteiger partial charge in [-0.15, -0.1) is 0 Å². The maximum Gasteiger partial charge on any atom is 0.308 e. The lowest BCUT2D eigenvalue weighted by molar-refractivity contribution is -0.541. The summed E-state index contributed by atoms with van der Waals surface area (Å²) in [6.45, 7) is 2.82. The molecule has 0 unspecified atom stereocenters. The van der Waals surface area contributed by atoms with Crippen LogP contribution in [-0.4, -0.2) is 72.8 Å². The van der Waals surface area contributed by atoms with E-state index in [1.165, 1.54) is 0 Å². The Morgan fingerprint density at radius 3 is 1.82 bits per heavy atom. The molecule has 1 heterocycles. The summed E-state index contributed by atoms with van der Waals surface area (Å²) in [7, 11) is 0. The first kappa shape index (κ1) is 23.2. The third-order valence-electron chi connectivity index (χ3n) is 3.29. The summed E-state index contributed by atoms with van der Waals surface area (Å²) in [4.78, 5) is 55.4. The molecule has 0 spiro atoms. The van der Waals surface area contributed by atoms with Crippen LogP contribution in [0.5, 0.6) is 0 Å². The molecule has 158 valence electrons. The topological polar surface area (TPSA) is 167 Å². The van der Waals surface area contributed by atoms with E-state index in [4.69, 9.17) is 28.4 Å². The average Bonchev–Trinajstić information content (AvgIpc) is 2.54. The third kappa shape index (κ3) is 7.44. The van der Waals surface area contributed by atoms with Crippen molar-refractivity contribution in [1.82, 2.24) is 0 Å². The summed E-state index contributed by atoms with van der Waals surface area (Å²) < 4.78 is 30.6. The molecule has 0 amide bonds.